The van der Waals surface area contributed by atoms with E-state index < -0.39 is 16.5 Å². The summed E-state index contributed by atoms with van der Waals surface area (Å²) in [5.74, 6) is 3.27. The van der Waals surface area contributed by atoms with E-state index in [9.17, 15) is 18.1 Å². The molecule has 7 nitrogen and oxygen atoms in total. The van der Waals surface area contributed by atoms with E-state index in [1.165, 1.54) is 51.4 Å². The van der Waals surface area contributed by atoms with Crippen molar-refractivity contribution in [2.45, 2.75) is 123 Å². The molecule has 0 amide bonds. The summed E-state index contributed by atoms with van der Waals surface area (Å²) in [5.41, 5.74) is 0.571. The second-order valence-corrected chi connectivity index (χ2v) is 16.5. The average molecular weight is 585 g/mol. The molecule has 8 heteroatoms. The maximum absolute atomic E-state index is 11.7. The number of rotatable bonds is 12. The summed E-state index contributed by atoms with van der Waals surface area (Å²) in [7, 11) is -0.172. The first-order valence-electron chi connectivity index (χ1n) is 16.4. The van der Waals surface area contributed by atoms with Gasteiger partial charge < -0.3 is 15.3 Å². The van der Waals surface area contributed by atoms with Gasteiger partial charge in [-0.3, -0.25) is 4.55 Å². The topological polar surface area (TPSA) is 99.1 Å². The number of nitrogens with zero attached hydrogens (tertiary/aromatic N) is 1. The summed E-state index contributed by atoms with van der Waals surface area (Å²) >= 11 is 0. The van der Waals surface area contributed by atoms with Gasteiger partial charge in [-0.2, -0.15) is 8.42 Å². The molecule has 4 saturated carbocycles. The van der Waals surface area contributed by atoms with E-state index in [2.05, 4.69) is 45.1 Å². The Morgan fingerprint density at radius 1 is 0.975 bits per heavy atom. The predicted molar refractivity (Wildman–Crippen MR) is 161 cm³/mol. The molecule has 0 bridgehead atoms. The second-order valence-electron chi connectivity index (χ2n) is 15.5. The van der Waals surface area contributed by atoms with Crippen molar-refractivity contribution in [3.05, 3.63) is 0 Å². The van der Waals surface area contributed by atoms with Gasteiger partial charge in [-0.15, -0.1) is 0 Å². The van der Waals surface area contributed by atoms with E-state index in [4.69, 9.17) is 4.18 Å². The molecule has 234 valence electrons. The van der Waals surface area contributed by atoms with Gasteiger partial charge in [0, 0.05) is 6.04 Å². The van der Waals surface area contributed by atoms with Crippen LogP contribution in [-0.4, -0.2) is 68.4 Å². The molecular weight excluding hydrogens is 524 g/mol. The highest BCUT2D eigenvalue weighted by molar-refractivity contribution is 7.80. The average Bonchev–Trinajstić information content (AvgIpc) is 3.21. The van der Waals surface area contributed by atoms with Crippen molar-refractivity contribution in [1.29, 1.82) is 0 Å². The molecule has 3 unspecified atom stereocenters. The summed E-state index contributed by atoms with van der Waals surface area (Å²) in [6.07, 6.45) is 11.6. The van der Waals surface area contributed by atoms with Crippen LogP contribution in [0.4, 0.5) is 0 Å². The lowest BCUT2D eigenvalue weighted by molar-refractivity contribution is -0.167. The Labute approximate surface area is 245 Å². The summed E-state index contributed by atoms with van der Waals surface area (Å²) in [5, 5.41) is 15.6. The van der Waals surface area contributed by atoms with Gasteiger partial charge in [0.05, 0.1) is 12.2 Å². The maximum Gasteiger partial charge on any atom is 0.397 e. The molecule has 4 rings (SSSR count). The number of fused-ring (bicyclic) bond motifs is 5. The molecule has 0 heterocycles. The highest BCUT2D eigenvalue weighted by atomic mass is 32.3. The third-order valence-corrected chi connectivity index (χ3v) is 13.0. The number of aliphatic hydroxyl groups is 1. The van der Waals surface area contributed by atoms with Crippen molar-refractivity contribution in [1.82, 2.24) is 10.2 Å². The minimum absolute atomic E-state index is 0.0193. The van der Waals surface area contributed by atoms with Crippen LogP contribution in [-0.2, 0) is 14.6 Å². The summed E-state index contributed by atoms with van der Waals surface area (Å²) in [6.45, 7) is 13.5. The fraction of sp³-hybridized carbons (Fsp3) is 1.00. The lowest BCUT2D eigenvalue weighted by Crippen LogP contribution is -2.59. The van der Waals surface area contributed by atoms with E-state index >= 15 is 0 Å². The Morgan fingerprint density at radius 2 is 1.65 bits per heavy atom. The highest BCUT2D eigenvalue weighted by Gasteiger charge is 2.62. The number of hydrogen-bond donors (Lipinski definition) is 3. The summed E-state index contributed by atoms with van der Waals surface area (Å²) in [6, 6.07) is 0.592. The molecule has 0 spiro atoms. The Kier molecular flexibility index (Phi) is 10.4. The zero-order valence-electron chi connectivity index (χ0n) is 26.4. The molecule has 11 atom stereocenters. The minimum atomic E-state index is -4.45. The fourth-order valence-electron chi connectivity index (χ4n) is 10.4. The van der Waals surface area contributed by atoms with Gasteiger partial charge in [0.2, 0.25) is 0 Å². The summed E-state index contributed by atoms with van der Waals surface area (Å²) in [4.78, 5) is 2.25. The normalized spacial score (nSPS) is 41.4. The van der Waals surface area contributed by atoms with Crippen LogP contribution in [0.1, 0.15) is 105 Å². The van der Waals surface area contributed by atoms with Gasteiger partial charge in [-0.05, 0) is 150 Å². The van der Waals surface area contributed by atoms with Gasteiger partial charge >= 0.3 is 10.4 Å². The van der Waals surface area contributed by atoms with Crippen molar-refractivity contribution >= 4 is 10.4 Å². The molecule has 0 aromatic rings. The standard InChI is InChI=1S/C32H60N2O5S/c1-21(2)29(39-40(36,37)38)12-9-22(3)25-10-11-26-30-27(14-16-32(25,26)5)31(4)15-13-24(19-23(31)20-28(30)35)33-17-8-18-34(6)7/h21-30,33,35H,8-20H2,1-7H3,(H,36,37,38)/t22-,23+,24+,25-,26?,27?,28-,29-,30?,31+,32-/m1/s1. The van der Waals surface area contributed by atoms with E-state index in [0.717, 1.165) is 25.9 Å². The van der Waals surface area contributed by atoms with Crippen molar-refractivity contribution in [3.8, 4) is 0 Å². The Bertz CT molecular complexity index is 944. The molecule has 0 aliphatic heterocycles. The van der Waals surface area contributed by atoms with Crippen molar-refractivity contribution in [2.24, 2.45) is 52.3 Å². The van der Waals surface area contributed by atoms with E-state index in [1.807, 2.05) is 13.8 Å². The Balaban J connectivity index is 1.39. The van der Waals surface area contributed by atoms with Crippen molar-refractivity contribution < 1.29 is 22.3 Å². The molecule has 0 radical (unpaired) electrons. The van der Waals surface area contributed by atoms with Gasteiger partial charge in [0.15, 0.2) is 0 Å². The summed E-state index contributed by atoms with van der Waals surface area (Å²) < 4.78 is 37.0. The third kappa shape index (κ3) is 6.93. The first-order valence-corrected chi connectivity index (χ1v) is 17.7. The van der Waals surface area contributed by atoms with Gasteiger partial charge in [0.25, 0.3) is 0 Å². The lowest BCUT2D eigenvalue weighted by atomic mass is 9.43. The minimum Gasteiger partial charge on any atom is -0.393 e. The largest absolute Gasteiger partial charge is 0.397 e. The highest BCUT2D eigenvalue weighted by Crippen LogP contribution is 2.68. The van der Waals surface area contributed by atoms with E-state index in [-0.39, 0.29) is 17.4 Å². The van der Waals surface area contributed by atoms with Crippen molar-refractivity contribution in [3.63, 3.8) is 0 Å². The molecule has 4 aliphatic rings. The maximum atomic E-state index is 11.7. The molecule has 4 fully saturated rings. The molecular formula is C32H60N2O5S. The van der Waals surface area contributed by atoms with Crippen LogP contribution in [0.15, 0.2) is 0 Å². The fourth-order valence-corrected chi connectivity index (χ4v) is 11.0. The smallest absolute Gasteiger partial charge is 0.393 e. The number of aliphatic hydroxyl groups excluding tert-OH is 1. The van der Waals surface area contributed by atoms with Crippen LogP contribution in [0.25, 0.3) is 0 Å². The Hall–Kier alpha value is -0.250. The molecule has 0 aromatic carbocycles. The Morgan fingerprint density at radius 3 is 2.30 bits per heavy atom. The number of nitrogens with one attached hydrogen (secondary N) is 1. The number of hydrogen-bond acceptors (Lipinski definition) is 6. The first-order chi connectivity index (χ1) is 18.7. The molecule has 40 heavy (non-hydrogen) atoms. The van der Waals surface area contributed by atoms with Gasteiger partial charge in [-0.1, -0.05) is 34.6 Å². The third-order valence-electron chi connectivity index (χ3n) is 12.6. The van der Waals surface area contributed by atoms with E-state index in [1.54, 1.807) is 0 Å². The van der Waals surface area contributed by atoms with Gasteiger partial charge in [0.1, 0.15) is 0 Å². The SMILES string of the molecule is CC(C)[C@@H](CC[C@@H](C)[C@H]1CCC2C3C(CC[C@@]21C)[C@@]1(C)CC[C@H](NCCCN(C)C)C[C@H]1C[C@H]3O)OS(=O)(=O)O. The zero-order chi connectivity index (χ0) is 29.5. The molecule has 0 aromatic heterocycles. The first kappa shape index (κ1) is 32.7. The van der Waals surface area contributed by atoms with Gasteiger partial charge in [-0.25, -0.2) is 4.18 Å². The second kappa shape index (κ2) is 12.8. The predicted octanol–water partition coefficient (Wildman–Crippen LogP) is 5.79. The van der Waals surface area contributed by atoms with Crippen LogP contribution >= 0.6 is 0 Å². The van der Waals surface area contributed by atoms with Crippen LogP contribution in [0.2, 0.25) is 0 Å². The van der Waals surface area contributed by atoms with Crippen LogP contribution in [0.5, 0.6) is 0 Å². The van der Waals surface area contributed by atoms with Crippen LogP contribution in [0.3, 0.4) is 0 Å². The molecule has 3 N–H and O–H groups in total. The van der Waals surface area contributed by atoms with Crippen molar-refractivity contribution in [2.75, 3.05) is 27.2 Å². The molecule has 0 saturated heterocycles. The van der Waals surface area contributed by atoms with Crippen LogP contribution < -0.4 is 5.32 Å². The van der Waals surface area contributed by atoms with Crippen LogP contribution in [0, 0.1) is 52.3 Å². The zero-order valence-corrected chi connectivity index (χ0v) is 27.3. The quantitative estimate of drug-likeness (QED) is 0.197. The monoisotopic (exact) mass is 584 g/mol. The lowest BCUT2D eigenvalue weighted by Gasteiger charge is -2.62. The van der Waals surface area contributed by atoms with E-state index in [0.29, 0.717) is 53.4 Å². The molecule has 4 aliphatic carbocycles.